The lowest BCUT2D eigenvalue weighted by Crippen LogP contribution is -2.42. The molecule has 11 nitrogen and oxygen atoms in total. The molecule has 5 rings (SSSR count). The number of ether oxygens (including phenoxy) is 2. The topological polar surface area (TPSA) is 128 Å². The van der Waals surface area contributed by atoms with Crippen molar-refractivity contribution in [3.63, 3.8) is 0 Å². The van der Waals surface area contributed by atoms with E-state index in [2.05, 4.69) is 20.6 Å². The van der Waals surface area contributed by atoms with Gasteiger partial charge in [-0.15, -0.1) is 0 Å². The Bertz CT molecular complexity index is 1290. The molecule has 33 heavy (non-hydrogen) atoms. The van der Waals surface area contributed by atoms with E-state index in [0.717, 1.165) is 19.4 Å². The summed E-state index contributed by atoms with van der Waals surface area (Å²) < 4.78 is 12.2. The van der Waals surface area contributed by atoms with Crippen LogP contribution in [0.5, 0.6) is 11.5 Å². The molecule has 1 saturated heterocycles. The first-order chi connectivity index (χ1) is 16.0. The average molecular weight is 471 g/mol. The van der Waals surface area contributed by atoms with Gasteiger partial charge in [-0.05, 0) is 25.0 Å². The van der Waals surface area contributed by atoms with Crippen molar-refractivity contribution < 1.29 is 19.1 Å². The van der Waals surface area contributed by atoms with Gasteiger partial charge in [0.25, 0.3) is 5.56 Å². The molecule has 2 amide bonds. The Morgan fingerprint density at radius 1 is 1.27 bits per heavy atom. The minimum atomic E-state index is -0.369. The van der Waals surface area contributed by atoms with Gasteiger partial charge in [0, 0.05) is 31.9 Å². The molecule has 2 aliphatic rings. The Balaban J connectivity index is 1.31. The number of fused-ring (bicyclic) bond motifs is 2. The maximum absolute atomic E-state index is 13.0. The molecule has 1 fully saturated rings. The van der Waals surface area contributed by atoms with Crippen LogP contribution in [0.4, 0.5) is 10.8 Å². The predicted octanol–water partition coefficient (Wildman–Crippen LogP) is 1.18. The largest absolute Gasteiger partial charge is 0.454 e. The first-order valence-electron chi connectivity index (χ1n) is 10.5. The van der Waals surface area contributed by atoms with Crippen LogP contribution in [0.1, 0.15) is 12.8 Å². The molecular formula is C21H22N6O5S. The zero-order chi connectivity index (χ0) is 22.9. The predicted molar refractivity (Wildman–Crippen MR) is 122 cm³/mol. The third kappa shape index (κ3) is 4.21. The van der Waals surface area contributed by atoms with E-state index >= 15 is 0 Å². The van der Waals surface area contributed by atoms with Gasteiger partial charge in [0.15, 0.2) is 22.3 Å². The summed E-state index contributed by atoms with van der Waals surface area (Å²) in [6.07, 6.45) is 3.02. The number of piperidine rings is 1. The minimum Gasteiger partial charge on any atom is -0.454 e. The van der Waals surface area contributed by atoms with Crippen molar-refractivity contribution in [2.24, 2.45) is 5.92 Å². The van der Waals surface area contributed by atoms with Crippen molar-refractivity contribution in [3.05, 3.63) is 34.9 Å². The number of benzene rings is 1. The monoisotopic (exact) mass is 470 g/mol. The number of anilines is 2. The fraction of sp³-hybridized carbons (Fsp3) is 0.381. The third-order valence-corrected chi connectivity index (χ3v) is 6.75. The van der Waals surface area contributed by atoms with E-state index in [9.17, 15) is 14.4 Å². The molecule has 0 saturated carbocycles. The van der Waals surface area contributed by atoms with Crippen molar-refractivity contribution in [2.75, 3.05) is 37.1 Å². The van der Waals surface area contributed by atoms with Crippen LogP contribution in [0.25, 0.3) is 10.3 Å². The lowest BCUT2D eigenvalue weighted by Gasteiger charge is -2.31. The van der Waals surface area contributed by atoms with Crippen LogP contribution in [-0.2, 0) is 16.1 Å². The van der Waals surface area contributed by atoms with Crippen LogP contribution < -0.4 is 30.6 Å². The number of aromatic nitrogens is 3. The lowest BCUT2D eigenvalue weighted by molar-refractivity contribution is -0.124. The number of nitrogens with zero attached hydrogens (tertiary/aromatic N) is 4. The van der Waals surface area contributed by atoms with E-state index < -0.39 is 0 Å². The van der Waals surface area contributed by atoms with E-state index in [1.807, 2.05) is 4.90 Å². The zero-order valence-electron chi connectivity index (χ0n) is 17.9. The molecule has 12 heteroatoms. The van der Waals surface area contributed by atoms with E-state index in [0.29, 0.717) is 39.2 Å². The number of hydrogen-bond acceptors (Lipinski definition) is 9. The van der Waals surface area contributed by atoms with Gasteiger partial charge in [0.05, 0.1) is 5.92 Å². The molecule has 0 bridgehead atoms. The summed E-state index contributed by atoms with van der Waals surface area (Å²) in [4.78, 5) is 48.3. The Morgan fingerprint density at radius 2 is 2.12 bits per heavy atom. The molecule has 2 aromatic heterocycles. The number of amides is 2. The van der Waals surface area contributed by atoms with Gasteiger partial charge < -0.3 is 25.0 Å². The summed E-state index contributed by atoms with van der Waals surface area (Å²) >= 11 is 1.24. The molecule has 0 unspecified atom stereocenters. The molecule has 0 aliphatic carbocycles. The van der Waals surface area contributed by atoms with E-state index in [4.69, 9.17) is 9.47 Å². The average Bonchev–Trinajstić information content (AvgIpc) is 3.47. The van der Waals surface area contributed by atoms with Crippen LogP contribution in [0.2, 0.25) is 0 Å². The van der Waals surface area contributed by atoms with E-state index in [1.54, 1.807) is 25.2 Å². The maximum atomic E-state index is 13.0. The van der Waals surface area contributed by atoms with Crippen LogP contribution >= 0.6 is 11.3 Å². The quantitative estimate of drug-likeness (QED) is 0.569. The number of carbonyl (C=O) groups is 2. The Hall–Kier alpha value is -3.67. The highest BCUT2D eigenvalue weighted by Crippen LogP contribution is 2.34. The third-order valence-electron chi connectivity index (χ3n) is 5.65. The van der Waals surface area contributed by atoms with Crippen molar-refractivity contribution in [1.82, 2.24) is 19.9 Å². The maximum Gasteiger partial charge on any atom is 0.273 e. The van der Waals surface area contributed by atoms with Crippen molar-refractivity contribution in [2.45, 2.75) is 19.4 Å². The van der Waals surface area contributed by atoms with E-state index in [-0.39, 0.29) is 36.6 Å². The molecule has 2 N–H and O–H groups in total. The van der Waals surface area contributed by atoms with Crippen molar-refractivity contribution in [3.8, 4) is 11.5 Å². The van der Waals surface area contributed by atoms with Crippen molar-refractivity contribution >= 4 is 44.3 Å². The molecule has 3 aromatic rings. The van der Waals surface area contributed by atoms with Gasteiger partial charge in [-0.1, -0.05) is 11.3 Å². The van der Waals surface area contributed by atoms with Crippen LogP contribution in [-0.4, -0.2) is 53.3 Å². The second-order valence-electron chi connectivity index (χ2n) is 7.84. The Labute approximate surface area is 192 Å². The van der Waals surface area contributed by atoms with Gasteiger partial charge >= 0.3 is 0 Å². The Morgan fingerprint density at radius 3 is 2.97 bits per heavy atom. The molecule has 0 radical (unpaired) electrons. The first kappa shape index (κ1) is 21.2. The first-order valence-corrected chi connectivity index (χ1v) is 11.4. The summed E-state index contributed by atoms with van der Waals surface area (Å²) in [7, 11) is 1.63. The normalized spacial score (nSPS) is 17.2. The summed E-state index contributed by atoms with van der Waals surface area (Å²) in [6.45, 7) is 1.27. The minimum absolute atomic E-state index is 0.00904. The van der Waals surface area contributed by atoms with Crippen LogP contribution in [0.3, 0.4) is 0 Å². The number of thiazole rings is 1. The molecule has 172 valence electrons. The molecule has 0 spiro atoms. The van der Waals surface area contributed by atoms with Crippen LogP contribution in [0, 0.1) is 5.92 Å². The van der Waals surface area contributed by atoms with Gasteiger partial charge in [0.2, 0.25) is 18.6 Å². The number of carbonyl (C=O) groups excluding carboxylic acids is 2. The van der Waals surface area contributed by atoms with Crippen LogP contribution in [0.15, 0.2) is 29.3 Å². The standard InChI is InChI=1S/C21H22N6O5S/c1-22-19(29)12-3-2-6-26(8-12)21-25-18-17(33-21)20(30)27(10-23-18)9-16(28)24-13-4-5-14-15(7-13)32-11-31-14/h4-5,7,10,12H,2-3,6,8-9,11H2,1H3,(H,22,29)(H,24,28)/t12-/m0/s1. The smallest absolute Gasteiger partial charge is 0.273 e. The zero-order valence-corrected chi connectivity index (χ0v) is 18.7. The highest BCUT2D eigenvalue weighted by Gasteiger charge is 2.27. The highest BCUT2D eigenvalue weighted by molar-refractivity contribution is 7.22. The molecular weight excluding hydrogens is 448 g/mol. The number of nitrogens with one attached hydrogen (secondary N) is 2. The van der Waals surface area contributed by atoms with Gasteiger partial charge in [0.1, 0.15) is 17.6 Å². The van der Waals surface area contributed by atoms with E-state index in [1.165, 1.54) is 22.2 Å². The summed E-state index contributed by atoms with van der Waals surface area (Å²) in [5, 5.41) is 6.11. The number of rotatable bonds is 5. The molecule has 1 atom stereocenters. The van der Waals surface area contributed by atoms with Gasteiger partial charge in [-0.2, -0.15) is 4.98 Å². The molecule has 1 aromatic carbocycles. The summed E-state index contributed by atoms with van der Waals surface area (Å²) in [5.74, 6) is 0.707. The van der Waals surface area contributed by atoms with Gasteiger partial charge in [-0.25, -0.2) is 4.98 Å². The van der Waals surface area contributed by atoms with Gasteiger partial charge in [-0.3, -0.25) is 19.0 Å². The molecule has 4 heterocycles. The second kappa shape index (κ2) is 8.70. The highest BCUT2D eigenvalue weighted by atomic mass is 32.1. The summed E-state index contributed by atoms with van der Waals surface area (Å²) in [6, 6.07) is 5.09. The second-order valence-corrected chi connectivity index (χ2v) is 8.82. The summed E-state index contributed by atoms with van der Waals surface area (Å²) in [5.41, 5.74) is 0.557. The van der Waals surface area contributed by atoms with Crippen molar-refractivity contribution in [1.29, 1.82) is 0 Å². The Kier molecular flexibility index (Phi) is 5.58. The number of hydrogen-bond donors (Lipinski definition) is 2. The fourth-order valence-electron chi connectivity index (χ4n) is 3.98. The SMILES string of the molecule is CNC(=O)[C@H]1CCCN(c2nc3ncn(CC(=O)Nc4ccc5c(c4)OCO5)c(=O)c3s2)C1. The fourth-order valence-corrected chi connectivity index (χ4v) is 4.99. The lowest BCUT2D eigenvalue weighted by atomic mass is 9.98. The molecule has 2 aliphatic heterocycles.